The summed E-state index contributed by atoms with van der Waals surface area (Å²) in [7, 11) is 0. The van der Waals surface area contributed by atoms with Crippen LogP contribution in [0.4, 0.5) is 17.1 Å². The second-order valence-corrected chi connectivity index (χ2v) is 7.87. The predicted octanol–water partition coefficient (Wildman–Crippen LogP) is 4.12. The molecule has 0 radical (unpaired) electrons. The summed E-state index contributed by atoms with van der Waals surface area (Å²) in [5.74, 6) is -0.316. The third-order valence-electron chi connectivity index (χ3n) is 5.74. The highest BCUT2D eigenvalue weighted by atomic mass is 16.6. The molecular weight excluding hydrogens is 420 g/mol. The van der Waals surface area contributed by atoms with E-state index >= 15 is 0 Å². The fourth-order valence-electron chi connectivity index (χ4n) is 3.96. The molecule has 8 heteroatoms. The SMILES string of the molecule is Cc1cc(C(=O)Nc2ccccc2N2CCN(C(=O)c3ccccc3)CC2)ccc1[N+](=O)[O-]. The lowest BCUT2D eigenvalue weighted by molar-refractivity contribution is -0.385. The number of nitrogens with one attached hydrogen (secondary N) is 1. The van der Waals surface area contributed by atoms with Crippen molar-refractivity contribution in [2.75, 3.05) is 36.4 Å². The Morgan fingerprint density at radius 2 is 1.55 bits per heavy atom. The first kappa shape index (κ1) is 22.0. The van der Waals surface area contributed by atoms with Gasteiger partial charge < -0.3 is 15.1 Å². The molecule has 0 saturated carbocycles. The lowest BCUT2D eigenvalue weighted by atomic mass is 10.1. The lowest BCUT2D eigenvalue weighted by Crippen LogP contribution is -2.49. The first-order valence-electron chi connectivity index (χ1n) is 10.7. The number of benzene rings is 3. The van der Waals surface area contributed by atoms with Crippen molar-refractivity contribution in [3.63, 3.8) is 0 Å². The van der Waals surface area contributed by atoms with E-state index in [2.05, 4.69) is 10.2 Å². The molecule has 1 heterocycles. The van der Waals surface area contributed by atoms with E-state index in [9.17, 15) is 19.7 Å². The number of hydrogen-bond acceptors (Lipinski definition) is 5. The monoisotopic (exact) mass is 444 g/mol. The van der Waals surface area contributed by atoms with Gasteiger partial charge in [-0.15, -0.1) is 0 Å². The number of nitro benzene ring substituents is 1. The van der Waals surface area contributed by atoms with Crippen LogP contribution in [0.15, 0.2) is 72.8 Å². The van der Waals surface area contributed by atoms with Crippen LogP contribution >= 0.6 is 0 Å². The van der Waals surface area contributed by atoms with Crippen molar-refractivity contribution in [3.05, 3.63) is 99.6 Å². The molecule has 33 heavy (non-hydrogen) atoms. The van der Waals surface area contributed by atoms with Crippen LogP contribution in [0.5, 0.6) is 0 Å². The average molecular weight is 444 g/mol. The summed E-state index contributed by atoms with van der Waals surface area (Å²) < 4.78 is 0. The summed E-state index contributed by atoms with van der Waals surface area (Å²) in [6.07, 6.45) is 0. The first-order valence-corrected chi connectivity index (χ1v) is 10.7. The Morgan fingerprint density at radius 1 is 0.879 bits per heavy atom. The van der Waals surface area contributed by atoms with Crippen LogP contribution in [0.25, 0.3) is 0 Å². The van der Waals surface area contributed by atoms with Crippen molar-refractivity contribution in [2.24, 2.45) is 0 Å². The van der Waals surface area contributed by atoms with Crippen LogP contribution in [0.1, 0.15) is 26.3 Å². The van der Waals surface area contributed by atoms with Gasteiger partial charge in [-0.25, -0.2) is 0 Å². The number of rotatable bonds is 5. The maximum Gasteiger partial charge on any atom is 0.272 e. The molecule has 1 N–H and O–H groups in total. The summed E-state index contributed by atoms with van der Waals surface area (Å²) >= 11 is 0. The van der Waals surface area contributed by atoms with Crippen LogP contribution in [0, 0.1) is 17.0 Å². The van der Waals surface area contributed by atoms with Crippen LogP contribution in [-0.4, -0.2) is 47.8 Å². The summed E-state index contributed by atoms with van der Waals surface area (Å²) in [4.78, 5) is 40.1. The second-order valence-electron chi connectivity index (χ2n) is 7.87. The average Bonchev–Trinajstić information content (AvgIpc) is 2.84. The van der Waals surface area contributed by atoms with E-state index in [4.69, 9.17) is 0 Å². The highest BCUT2D eigenvalue weighted by molar-refractivity contribution is 6.06. The minimum Gasteiger partial charge on any atom is -0.366 e. The van der Waals surface area contributed by atoms with Crippen LogP contribution in [0.3, 0.4) is 0 Å². The first-order chi connectivity index (χ1) is 15.9. The van der Waals surface area contributed by atoms with Crippen molar-refractivity contribution in [1.29, 1.82) is 0 Å². The third kappa shape index (κ3) is 4.85. The fourth-order valence-corrected chi connectivity index (χ4v) is 3.96. The van der Waals surface area contributed by atoms with Gasteiger partial charge in [-0.1, -0.05) is 30.3 Å². The zero-order valence-electron chi connectivity index (χ0n) is 18.2. The Hall–Kier alpha value is -4.20. The molecule has 0 atom stereocenters. The predicted molar refractivity (Wildman–Crippen MR) is 127 cm³/mol. The van der Waals surface area contributed by atoms with E-state index in [0.717, 1.165) is 5.69 Å². The van der Waals surface area contributed by atoms with E-state index in [1.54, 1.807) is 6.92 Å². The second kappa shape index (κ2) is 9.52. The number of carbonyl (C=O) groups is 2. The fraction of sp³-hybridized carbons (Fsp3) is 0.200. The molecule has 1 aliphatic rings. The van der Waals surface area contributed by atoms with Gasteiger partial charge in [0.15, 0.2) is 0 Å². The van der Waals surface area contributed by atoms with Gasteiger partial charge in [0.1, 0.15) is 0 Å². The minimum absolute atomic E-state index is 0.0186. The molecule has 0 aliphatic carbocycles. The molecule has 3 aromatic carbocycles. The number of nitrogens with zero attached hydrogens (tertiary/aromatic N) is 3. The largest absolute Gasteiger partial charge is 0.366 e. The number of nitro groups is 1. The molecule has 1 fully saturated rings. The summed E-state index contributed by atoms with van der Waals surface area (Å²) in [5.41, 5.74) is 2.97. The van der Waals surface area contributed by atoms with Crippen molar-refractivity contribution in [2.45, 2.75) is 6.92 Å². The number of carbonyl (C=O) groups excluding carboxylic acids is 2. The summed E-state index contributed by atoms with van der Waals surface area (Å²) in [5, 5.41) is 14.0. The molecule has 2 amide bonds. The van der Waals surface area contributed by atoms with Gasteiger partial charge in [0.25, 0.3) is 17.5 Å². The number of amides is 2. The van der Waals surface area contributed by atoms with Gasteiger partial charge in [0.05, 0.1) is 16.3 Å². The van der Waals surface area contributed by atoms with Crippen LogP contribution in [-0.2, 0) is 0 Å². The van der Waals surface area contributed by atoms with Crippen molar-refractivity contribution in [1.82, 2.24) is 4.90 Å². The zero-order valence-corrected chi connectivity index (χ0v) is 18.2. The molecule has 0 aromatic heterocycles. The van der Waals surface area contributed by atoms with Gasteiger partial charge in [-0.3, -0.25) is 19.7 Å². The molecule has 0 unspecified atom stereocenters. The molecule has 3 aromatic rings. The Labute approximate surface area is 191 Å². The smallest absolute Gasteiger partial charge is 0.272 e. The number of anilines is 2. The molecule has 0 bridgehead atoms. The number of aryl methyl sites for hydroxylation is 1. The van der Waals surface area contributed by atoms with E-state index in [0.29, 0.717) is 48.6 Å². The topological polar surface area (TPSA) is 95.8 Å². The molecule has 168 valence electrons. The van der Waals surface area contributed by atoms with E-state index in [1.807, 2.05) is 59.5 Å². The number of piperazine rings is 1. The summed E-state index contributed by atoms with van der Waals surface area (Å²) in [6.45, 7) is 4.05. The molecule has 1 saturated heterocycles. The maximum atomic E-state index is 12.8. The molecule has 8 nitrogen and oxygen atoms in total. The Morgan fingerprint density at radius 3 is 2.21 bits per heavy atom. The number of hydrogen-bond donors (Lipinski definition) is 1. The normalized spacial score (nSPS) is 13.5. The van der Waals surface area contributed by atoms with E-state index < -0.39 is 4.92 Å². The van der Waals surface area contributed by atoms with Gasteiger partial charge in [-0.2, -0.15) is 0 Å². The summed E-state index contributed by atoms with van der Waals surface area (Å²) in [6, 6.07) is 21.1. The van der Waals surface area contributed by atoms with Crippen molar-refractivity contribution < 1.29 is 14.5 Å². The van der Waals surface area contributed by atoms with Crippen molar-refractivity contribution in [3.8, 4) is 0 Å². The lowest BCUT2D eigenvalue weighted by Gasteiger charge is -2.37. The van der Waals surface area contributed by atoms with Gasteiger partial charge in [0.2, 0.25) is 0 Å². The zero-order chi connectivity index (χ0) is 23.4. The Kier molecular flexibility index (Phi) is 6.35. The molecule has 1 aliphatic heterocycles. The molecular formula is C25H24N4O4. The van der Waals surface area contributed by atoms with Crippen molar-refractivity contribution >= 4 is 28.9 Å². The highest BCUT2D eigenvalue weighted by Crippen LogP contribution is 2.28. The minimum atomic E-state index is -0.464. The van der Waals surface area contributed by atoms with Gasteiger partial charge in [0, 0.05) is 48.9 Å². The van der Waals surface area contributed by atoms with Crippen LogP contribution < -0.4 is 10.2 Å². The highest BCUT2D eigenvalue weighted by Gasteiger charge is 2.24. The quantitative estimate of drug-likeness (QED) is 0.472. The van der Waals surface area contributed by atoms with Gasteiger partial charge in [-0.05, 0) is 43.3 Å². The third-order valence-corrected chi connectivity index (χ3v) is 5.74. The van der Waals surface area contributed by atoms with Gasteiger partial charge >= 0.3 is 0 Å². The molecule has 4 rings (SSSR count). The van der Waals surface area contributed by atoms with E-state index in [1.165, 1.54) is 18.2 Å². The maximum absolute atomic E-state index is 12.8. The number of para-hydroxylation sites is 2. The standard InChI is InChI=1S/C25H24N4O4/c1-18-17-20(11-12-22(18)29(32)33)24(30)26-21-9-5-6-10-23(21)27-13-15-28(16-14-27)25(31)19-7-3-2-4-8-19/h2-12,17H,13-16H2,1H3,(H,26,30). The molecule has 0 spiro atoms. The Bertz CT molecular complexity index is 1190. The van der Waals surface area contributed by atoms with E-state index in [-0.39, 0.29) is 17.5 Å². The Balaban J connectivity index is 1.45. The van der Waals surface area contributed by atoms with Crippen LogP contribution in [0.2, 0.25) is 0 Å².